The molecule has 3 heteroatoms. The van der Waals surface area contributed by atoms with E-state index in [9.17, 15) is 4.79 Å². The molecule has 0 fully saturated rings. The average molecular weight is 212 g/mol. The molecule has 0 bridgehead atoms. The zero-order valence-corrected chi connectivity index (χ0v) is 10.6. The molecule has 0 radical (unpaired) electrons. The molecule has 1 atom stereocenters. The number of carbonyl (C=O) groups excluding carboxylic acids is 1. The summed E-state index contributed by atoms with van der Waals surface area (Å²) in [6, 6.07) is 0. The van der Waals surface area contributed by atoms with E-state index in [1.54, 1.807) is 6.08 Å². The summed E-state index contributed by atoms with van der Waals surface area (Å²) in [5.74, 6) is 0.186. The highest BCUT2D eigenvalue weighted by atomic mass is 16.2. The molecule has 0 aromatic rings. The quantitative estimate of drug-likeness (QED) is 0.703. The van der Waals surface area contributed by atoms with Crippen molar-refractivity contribution in [3.63, 3.8) is 0 Å². The first-order valence-corrected chi connectivity index (χ1v) is 5.41. The van der Waals surface area contributed by atoms with Gasteiger partial charge in [-0.15, -0.1) is 6.58 Å². The molecule has 0 saturated heterocycles. The Morgan fingerprint density at radius 1 is 1.53 bits per heavy atom. The van der Waals surface area contributed by atoms with E-state index >= 15 is 0 Å². The van der Waals surface area contributed by atoms with Gasteiger partial charge < -0.3 is 10.2 Å². The van der Waals surface area contributed by atoms with E-state index in [0.29, 0.717) is 13.1 Å². The molecule has 1 unspecified atom stereocenters. The maximum atomic E-state index is 12.1. The molecule has 3 nitrogen and oxygen atoms in total. The monoisotopic (exact) mass is 212 g/mol. The second kappa shape index (κ2) is 5.91. The summed E-state index contributed by atoms with van der Waals surface area (Å²) < 4.78 is 0. The molecule has 0 aromatic heterocycles. The molecular weight excluding hydrogens is 188 g/mol. The smallest absolute Gasteiger partial charge is 0.227 e. The Labute approximate surface area is 93.5 Å². The molecule has 0 aliphatic heterocycles. The van der Waals surface area contributed by atoms with Crippen LogP contribution in [0.25, 0.3) is 0 Å². The van der Waals surface area contributed by atoms with Crippen LogP contribution in [0.4, 0.5) is 0 Å². The topological polar surface area (TPSA) is 32.3 Å². The molecule has 15 heavy (non-hydrogen) atoms. The summed E-state index contributed by atoms with van der Waals surface area (Å²) in [7, 11) is 1.86. The van der Waals surface area contributed by atoms with Gasteiger partial charge in [0.15, 0.2) is 0 Å². The summed E-state index contributed by atoms with van der Waals surface area (Å²) in [5.41, 5.74) is -0.146. The number of nitrogens with one attached hydrogen (secondary N) is 1. The average Bonchev–Trinajstić information content (AvgIpc) is 2.11. The van der Waals surface area contributed by atoms with Gasteiger partial charge in [-0.05, 0) is 27.8 Å². The molecule has 88 valence electrons. The van der Waals surface area contributed by atoms with Gasteiger partial charge in [-0.3, -0.25) is 4.79 Å². The van der Waals surface area contributed by atoms with Crippen molar-refractivity contribution in [2.24, 2.45) is 5.92 Å². The number of carbonyl (C=O) groups is 1. The van der Waals surface area contributed by atoms with Crippen molar-refractivity contribution in [3.05, 3.63) is 12.7 Å². The second-order valence-corrected chi connectivity index (χ2v) is 4.87. The van der Waals surface area contributed by atoms with Crippen molar-refractivity contribution < 1.29 is 4.79 Å². The SMILES string of the molecule is C=CCN(C(=O)C(C)CNC)C(C)(C)C. The second-order valence-electron chi connectivity index (χ2n) is 4.87. The Bertz CT molecular complexity index is 218. The number of amides is 1. The lowest BCUT2D eigenvalue weighted by Crippen LogP contribution is -2.49. The fourth-order valence-corrected chi connectivity index (χ4v) is 1.48. The predicted molar refractivity (Wildman–Crippen MR) is 64.8 cm³/mol. The normalized spacial score (nSPS) is 13.4. The lowest BCUT2D eigenvalue weighted by Gasteiger charge is -2.36. The number of rotatable bonds is 5. The fourth-order valence-electron chi connectivity index (χ4n) is 1.48. The molecule has 0 saturated carbocycles. The molecule has 1 N–H and O–H groups in total. The maximum absolute atomic E-state index is 12.1. The third-order valence-electron chi connectivity index (χ3n) is 2.32. The Morgan fingerprint density at radius 2 is 2.07 bits per heavy atom. The number of nitrogens with zero attached hydrogens (tertiary/aromatic N) is 1. The van der Waals surface area contributed by atoms with E-state index in [4.69, 9.17) is 0 Å². The van der Waals surface area contributed by atoms with Gasteiger partial charge in [0.25, 0.3) is 0 Å². The van der Waals surface area contributed by atoms with E-state index in [1.165, 1.54) is 0 Å². The highest BCUT2D eigenvalue weighted by molar-refractivity contribution is 5.79. The van der Waals surface area contributed by atoms with Crippen molar-refractivity contribution in [1.82, 2.24) is 10.2 Å². The molecule has 0 rings (SSSR count). The van der Waals surface area contributed by atoms with Crippen molar-refractivity contribution in [3.8, 4) is 0 Å². The third-order valence-corrected chi connectivity index (χ3v) is 2.32. The molecule has 0 aromatic carbocycles. The molecule has 1 amide bonds. The Morgan fingerprint density at radius 3 is 2.40 bits per heavy atom. The molecule has 0 spiro atoms. The van der Waals surface area contributed by atoms with Crippen LogP contribution in [0.15, 0.2) is 12.7 Å². The maximum Gasteiger partial charge on any atom is 0.227 e. The van der Waals surface area contributed by atoms with Crippen LogP contribution in [0.1, 0.15) is 27.7 Å². The molecule has 0 aliphatic rings. The molecule has 0 heterocycles. The molecule has 0 aliphatic carbocycles. The van der Waals surface area contributed by atoms with E-state index in [1.807, 2.05) is 39.6 Å². The first-order chi connectivity index (χ1) is 6.84. The lowest BCUT2D eigenvalue weighted by atomic mass is 10.0. The van der Waals surface area contributed by atoms with E-state index in [-0.39, 0.29) is 17.4 Å². The van der Waals surface area contributed by atoms with E-state index in [0.717, 1.165) is 0 Å². The minimum Gasteiger partial charge on any atom is -0.334 e. The van der Waals surface area contributed by atoms with Crippen molar-refractivity contribution in [2.75, 3.05) is 20.1 Å². The highest BCUT2D eigenvalue weighted by Crippen LogP contribution is 2.16. The minimum absolute atomic E-state index is 0.00850. The van der Waals surface area contributed by atoms with Gasteiger partial charge in [0, 0.05) is 24.5 Å². The van der Waals surface area contributed by atoms with Gasteiger partial charge in [-0.1, -0.05) is 13.0 Å². The fraction of sp³-hybridized carbons (Fsp3) is 0.750. The number of hydrogen-bond donors (Lipinski definition) is 1. The molecular formula is C12H24N2O. The zero-order valence-electron chi connectivity index (χ0n) is 10.6. The summed E-state index contributed by atoms with van der Waals surface area (Å²) in [6.07, 6.45) is 1.77. The van der Waals surface area contributed by atoms with E-state index < -0.39 is 0 Å². The predicted octanol–water partition coefficient (Wildman–Crippen LogP) is 1.65. The summed E-state index contributed by atoms with van der Waals surface area (Å²) in [5, 5.41) is 3.02. The number of hydrogen-bond acceptors (Lipinski definition) is 2. The van der Waals surface area contributed by atoms with Crippen molar-refractivity contribution >= 4 is 5.91 Å². The Hall–Kier alpha value is -0.830. The van der Waals surface area contributed by atoms with Crippen molar-refractivity contribution in [1.29, 1.82) is 0 Å². The lowest BCUT2D eigenvalue weighted by molar-refractivity contribution is -0.138. The van der Waals surface area contributed by atoms with Crippen LogP contribution < -0.4 is 5.32 Å². The summed E-state index contributed by atoms with van der Waals surface area (Å²) in [4.78, 5) is 14.0. The third kappa shape index (κ3) is 4.47. The van der Waals surface area contributed by atoms with Crippen molar-refractivity contribution in [2.45, 2.75) is 33.2 Å². The van der Waals surface area contributed by atoms with Gasteiger partial charge in [-0.2, -0.15) is 0 Å². The van der Waals surface area contributed by atoms with Gasteiger partial charge in [0.05, 0.1) is 0 Å². The van der Waals surface area contributed by atoms with E-state index in [2.05, 4.69) is 11.9 Å². The van der Waals surface area contributed by atoms with Gasteiger partial charge in [-0.25, -0.2) is 0 Å². The Balaban J connectivity index is 4.62. The van der Waals surface area contributed by atoms with Crippen LogP contribution in [0.5, 0.6) is 0 Å². The van der Waals surface area contributed by atoms with Crippen LogP contribution in [-0.4, -0.2) is 36.5 Å². The van der Waals surface area contributed by atoms with Gasteiger partial charge in [0.1, 0.15) is 0 Å². The van der Waals surface area contributed by atoms with Crippen LogP contribution in [-0.2, 0) is 4.79 Å². The van der Waals surface area contributed by atoms with Crippen LogP contribution in [0, 0.1) is 5.92 Å². The first kappa shape index (κ1) is 14.2. The minimum atomic E-state index is -0.146. The van der Waals surface area contributed by atoms with Crippen LogP contribution >= 0.6 is 0 Å². The van der Waals surface area contributed by atoms with Gasteiger partial charge in [0.2, 0.25) is 5.91 Å². The van der Waals surface area contributed by atoms with Crippen LogP contribution in [0.3, 0.4) is 0 Å². The largest absolute Gasteiger partial charge is 0.334 e. The van der Waals surface area contributed by atoms with Gasteiger partial charge >= 0.3 is 0 Å². The summed E-state index contributed by atoms with van der Waals surface area (Å²) >= 11 is 0. The first-order valence-electron chi connectivity index (χ1n) is 5.41. The summed E-state index contributed by atoms with van der Waals surface area (Å²) in [6.45, 7) is 13.1. The standard InChI is InChI=1S/C12H24N2O/c1-7-8-14(12(3,4)5)11(15)10(2)9-13-6/h7,10,13H,1,8-9H2,2-6H3. The Kier molecular flexibility index (Phi) is 5.58. The van der Waals surface area contributed by atoms with Crippen LogP contribution in [0.2, 0.25) is 0 Å². The zero-order chi connectivity index (χ0) is 12.1. The highest BCUT2D eigenvalue weighted by Gasteiger charge is 2.28.